The molecule has 180 valence electrons. The highest BCUT2D eigenvalue weighted by atomic mass is 35.5. The zero-order valence-electron chi connectivity index (χ0n) is 17.4. The molecule has 1 heterocycles. The number of nitrogens with one attached hydrogen (secondary N) is 1. The Morgan fingerprint density at radius 3 is 2.47 bits per heavy atom. The lowest BCUT2D eigenvalue weighted by molar-refractivity contribution is -0.137. The van der Waals surface area contributed by atoms with Gasteiger partial charge in [0.25, 0.3) is 17.2 Å². The van der Waals surface area contributed by atoms with Crippen molar-refractivity contribution in [1.82, 2.24) is 10.3 Å². The standard InChI is InChI=1S/C22H18Cl2F3N3O3S/c23-19-3-1-2-14(20(19)24)9-11-30(34(32)33)18-6-4-15(5-7-18)21(31)29-13-17-12-16(8-10-28-17)22(25,26)27/h1-8,10,12H,9,11,13H2,(H,29,31)(H,32,33). The van der Waals surface area contributed by atoms with E-state index in [1.165, 1.54) is 28.6 Å². The lowest BCUT2D eigenvalue weighted by atomic mass is 10.1. The first-order chi connectivity index (χ1) is 16.1. The fraction of sp³-hybridized carbons (Fsp3) is 0.182. The Balaban J connectivity index is 1.64. The molecule has 1 aromatic heterocycles. The second kappa shape index (κ2) is 11.2. The van der Waals surface area contributed by atoms with Gasteiger partial charge in [0.15, 0.2) is 0 Å². The van der Waals surface area contributed by atoms with Crippen LogP contribution in [0.3, 0.4) is 0 Å². The van der Waals surface area contributed by atoms with Gasteiger partial charge in [0.2, 0.25) is 0 Å². The molecule has 0 saturated carbocycles. The zero-order valence-corrected chi connectivity index (χ0v) is 19.7. The third-order valence-electron chi connectivity index (χ3n) is 4.80. The molecule has 1 amide bonds. The van der Waals surface area contributed by atoms with Gasteiger partial charge in [-0.2, -0.15) is 13.2 Å². The summed E-state index contributed by atoms with van der Waals surface area (Å²) in [6.07, 6.45) is -3.13. The number of aromatic nitrogens is 1. The number of hydrogen-bond donors (Lipinski definition) is 2. The van der Waals surface area contributed by atoms with Gasteiger partial charge in [-0.25, -0.2) is 4.21 Å². The van der Waals surface area contributed by atoms with Crippen molar-refractivity contribution in [2.45, 2.75) is 19.1 Å². The molecule has 0 bridgehead atoms. The predicted molar refractivity (Wildman–Crippen MR) is 125 cm³/mol. The number of anilines is 1. The molecule has 12 heteroatoms. The van der Waals surface area contributed by atoms with E-state index in [0.717, 1.165) is 18.3 Å². The van der Waals surface area contributed by atoms with Crippen molar-refractivity contribution in [3.63, 3.8) is 0 Å². The monoisotopic (exact) mass is 531 g/mol. The summed E-state index contributed by atoms with van der Waals surface area (Å²) in [7, 11) is 0. The van der Waals surface area contributed by atoms with E-state index in [2.05, 4.69) is 10.3 Å². The summed E-state index contributed by atoms with van der Waals surface area (Å²) in [6, 6.07) is 12.7. The maximum atomic E-state index is 12.8. The number of carbonyl (C=O) groups is 1. The first kappa shape index (κ1) is 26.0. The van der Waals surface area contributed by atoms with Gasteiger partial charge < -0.3 is 5.32 Å². The summed E-state index contributed by atoms with van der Waals surface area (Å²) in [5, 5.41) is 3.26. The van der Waals surface area contributed by atoms with E-state index in [-0.39, 0.29) is 24.3 Å². The maximum absolute atomic E-state index is 12.8. The number of benzene rings is 2. The van der Waals surface area contributed by atoms with Crippen molar-refractivity contribution in [3.8, 4) is 0 Å². The fourth-order valence-corrected chi connectivity index (χ4v) is 4.03. The molecule has 34 heavy (non-hydrogen) atoms. The van der Waals surface area contributed by atoms with Crippen molar-refractivity contribution in [2.75, 3.05) is 10.8 Å². The van der Waals surface area contributed by atoms with Gasteiger partial charge in [-0.05, 0) is 54.4 Å². The van der Waals surface area contributed by atoms with Crippen LogP contribution >= 0.6 is 23.2 Å². The Labute approximate surface area is 206 Å². The summed E-state index contributed by atoms with van der Waals surface area (Å²) >= 11 is 9.83. The summed E-state index contributed by atoms with van der Waals surface area (Å²) in [5.74, 6) is -0.534. The molecule has 3 rings (SSSR count). The minimum absolute atomic E-state index is 0.0568. The molecule has 2 N–H and O–H groups in total. The van der Waals surface area contributed by atoms with Crippen LogP contribution in [0.15, 0.2) is 60.8 Å². The fourth-order valence-electron chi connectivity index (χ4n) is 3.06. The number of alkyl halides is 3. The first-order valence-corrected chi connectivity index (χ1v) is 11.6. The minimum atomic E-state index is -4.51. The van der Waals surface area contributed by atoms with Gasteiger partial charge >= 0.3 is 6.18 Å². The van der Waals surface area contributed by atoms with Gasteiger partial charge in [-0.3, -0.25) is 18.6 Å². The molecule has 0 aliphatic rings. The minimum Gasteiger partial charge on any atom is -0.346 e. The zero-order chi connectivity index (χ0) is 24.9. The number of halogens is 5. The molecule has 3 aromatic rings. The summed E-state index contributed by atoms with van der Waals surface area (Å²) in [5.41, 5.74) is 0.518. The quantitative estimate of drug-likeness (QED) is 0.375. The molecule has 1 atom stereocenters. The largest absolute Gasteiger partial charge is 0.416 e. The highest BCUT2D eigenvalue weighted by Gasteiger charge is 2.30. The van der Waals surface area contributed by atoms with Crippen molar-refractivity contribution >= 4 is 46.1 Å². The summed E-state index contributed by atoms with van der Waals surface area (Å²) in [6.45, 7) is -0.0480. The third kappa shape index (κ3) is 6.69. The number of pyridine rings is 1. The Morgan fingerprint density at radius 2 is 1.82 bits per heavy atom. The van der Waals surface area contributed by atoms with E-state index in [1.54, 1.807) is 18.2 Å². The molecular weight excluding hydrogens is 514 g/mol. The highest BCUT2D eigenvalue weighted by Crippen LogP contribution is 2.29. The molecule has 2 aromatic carbocycles. The highest BCUT2D eigenvalue weighted by molar-refractivity contribution is 7.80. The molecule has 0 spiro atoms. The van der Waals surface area contributed by atoms with E-state index in [0.29, 0.717) is 27.7 Å². The lowest BCUT2D eigenvalue weighted by Gasteiger charge is -2.20. The van der Waals surface area contributed by atoms with Gasteiger partial charge in [0.05, 0.1) is 33.5 Å². The van der Waals surface area contributed by atoms with Crippen molar-refractivity contribution < 1.29 is 26.7 Å². The maximum Gasteiger partial charge on any atom is 0.416 e. The van der Waals surface area contributed by atoms with Crippen molar-refractivity contribution in [2.24, 2.45) is 0 Å². The Bertz CT molecular complexity index is 1190. The van der Waals surface area contributed by atoms with Crippen LogP contribution < -0.4 is 9.62 Å². The molecule has 0 radical (unpaired) electrons. The number of amides is 1. The number of nitrogens with zero attached hydrogens (tertiary/aromatic N) is 2. The molecule has 0 aliphatic heterocycles. The third-order valence-corrected chi connectivity index (χ3v) is 6.42. The second-order valence-corrected chi connectivity index (χ2v) is 8.75. The van der Waals surface area contributed by atoms with Crippen molar-refractivity contribution in [3.05, 3.63) is 93.2 Å². The van der Waals surface area contributed by atoms with Gasteiger partial charge in [-0.1, -0.05) is 35.3 Å². The molecule has 0 fully saturated rings. The Hall–Kier alpha value is -2.66. The van der Waals surface area contributed by atoms with Crippen LogP contribution in [-0.4, -0.2) is 26.2 Å². The number of hydrogen-bond acceptors (Lipinski definition) is 3. The summed E-state index contributed by atoms with van der Waals surface area (Å²) < 4.78 is 61.2. The molecule has 0 saturated heterocycles. The molecule has 0 aliphatic carbocycles. The Kier molecular flexibility index (Phi) is 8.53. The smallest absolute Gasteiger partial charge is 0.346 e. The predicted octanol–water partition coefficient (Wildman–Crippen LogP) is 5.52. The van der Waals surface area contributed by atoms with Crippen LogP contribution in [0.25, 0.3) is 0 Å². The topological polar surface area (TPSA) is 82.5 Å². The Morgan fingerprint density at radius 1 is 1.12 bits per heavy atom. The molecule has 1 unspecified atom stereocenters. The van der Waals surface area contributed by atoms with Gasteiger partial charge in [0.1, 0.15) is 0 Å². The van der Waals surface area contributed by atoms with Crippen LogP contribution in [0.4, 0.5) is 18.9 Å². The average molecular weight is 532 g/mol. The van der Waals surface area contributed by atoms with Crippen molar-refractivity contribution in [1.29, 1.82) is 0 Å². The van der Waals surface area contributed by atoms with Crippen LogP contribution in [0.2, 0.25) is 10.0 Å². The van der Waals surface area contributed by atoms with Crippen LogP contribution in [-0.2, 0) is 30.4 Å². The van der Waals surface area contributed by atoms with E-state index < -0.39 is 28.9 Å². The summed E-state index contributed by atoms with van der Waals surface area (Å²) in [4.78, 5) is 16.2. The van der Waals surface area contributed by atoms with E-state index >= 15 is 0 Å². The molecule has 6 nitrogen and oxygen atoms in total. The van der Waals surface area contributed by atoms with E-state index in [4.69, 9.17) is 23.2 Å². The number of rotatable bonds is 8. The van der Waals surface area contributed by atoms with Crippen LogP contribution in [0.5, 0.6) is 0 Å². The number of carbonyl (C=O) groups excluding carboxylic acids is 1. The van der Waals surface area contributed by atoms with Gasteiger partial charge in [0, 0.05) is 18.3 Å². The van der Waals surface area contributed by atoms with E-state index in [9.17, 15) is 26.7 Å². The van der Waals surface area contributed by atoms with Gasteiger partial charge in [-0.15, -0.1) is 0 Å². The van der Waals surface area contributed by atoms with Crippen LogP contribution in [0.1, 0.15) is 27.2 Å². The average Bonchev–Trinajstić information content (AvgIpc) is 2.80. The van der Waals surface area contributed by atoms with E-state index in [1.807, 2.05) is 0 Å². The SMILES string of the molecule is O=C(NCc1cc(C(F)(F)F)ccn1)c1ccc(N(CCc2cccc(Cl)c2Cl)S(=O)O)cc1. The second-order valence-electron chi connectivity index (χ2n) is 7.06. The molecular formula is C22H18Cl2F3N3O3S. The normalized spacial score (nSPS) is 12.3. The lowest BCUT2D eigenvalue weighted by Crippen LogP contribution is -2.28. The first-order valence-electron chi connectivity index (χ1n) is 9.78. The van der Waals surface area contributed by atoms with Crippen LogP contribution in [0, 0.1) is 0 Å².